The van der Waals surface area contributed by atoms with Crippen LogP contribution in [0.2, 0.25) is 0 Å². The number of nitrogens with two attached hydrogens (primary N) is 1. The molecule has 2 N–H and O–H groups in total. The third-order valence-electron chi connectivity index (χ3n) is 2.77. The molecule has 0 unspecified atom stereocenters. The van der Waals surface area contributed by atoms with Crippen molar-refractivity contribution < 1.29 is 4.79 Å². The van der Waals surface area contributed by atoms with E-state index in [4.69, 9.17) is 5.73 Å². The van der Waals surface area contributed by atoms with Crippen molar-refractivity contribution in [1.29, 1.82) is 0 Å². The first-order valence-corrected chi connectivity index (χ1v) is 7.41. The number of likely N-dealkylation sites (N-methyl/N-ethyl adjacent to an activating group) is 2. The van der Waals surface area contributed by atoms with Crippen molar-refractivity contribution in [3.63, 3.8) is 0 Å². The highest BCUT2D eigenvalue weighted by Crippen LogP contribution is 2.17. The fourth-order valence-electron chi connectivity index (χ4n) is 1.68. The first-order valence-electron chi connectivity index (χ1n) is 6.19. The zero-order valence-electron chi connectivity index (χ0n) is 11.9. The minimum absolute atomic E-state index is 0.0791. The van der Waals surface area contributed by atoms with Gasteiger partial charge in [-0.05, 0) is 20.1 Å². The molecule has 0 saturated carbocycles. The molecule has 1 rings (SSSR count). The zero-order chi connectivity index (χ0) is 14.4. The molecule has 1 heterocycles. The highest BCUT2D eigenvalue weighted by molar-refractivity contribution is 7.98. The van der Waals surface area contributed by atoms with E-state index in [0.29, 0.717) is 29.9 Å². The lowest BCUT2D eigenvalue weighted by molar-refractivity contribution is -0.129. The standard InChI is InChI=1S/C12H21N5OS/c1-5-17(6-2)11(18)8-16(3)10-7-9(13)14-12(15-10)19-4/h7H,5-6,8H2,1-4H3,(H2,13,14,15). The summed E-state index contributed by atoms with van der Waals surface area (Å²) in [5.74, 6) is 1.16. The molecule has 0 aliphatic heterocycles. The molecule has 0 spiro atoms. The summed E-state index contributed by atoms with van der Waals surface area (Å²) in [4.78, 5) is 24.0. The van der Waals surface area contributed by atoms with E-state index in [1.54, 1.807) is 15.9 Å². The number of nitrogens with zero attached hydrogens (tertiary/aromatic N) is 4. The largest absolute Gasteiger partial charge is 0.383 e. The fourth-order valence-corrected chi connectivity index (χ4v) is 2.06. The zero-order valence-corrected chi connectivity index (χ0v) is 12.7. The predicted octanol–water partition coefficient (Wildman–Crippen LogP) is 1.09. The Balaban J connectivity index is 2.80. The molecule has 0 fully saturated rings. The first-order chi connectivity index (χ1) is 9.01. The van der Waals surface area contributed by atoms with E-state index in [-0.39, 0.29) is 12.5 Å². The van der Waals surface area contributed by atoms with Gasteiger partial charge in [-0.1, -0.05) is 11.8 Å². The fraction of sp³-hybridized carbons (Fsp3) is 0.583. The van der Waals surface area contributed by atoms with E-state index in [1.807, 2.05) is 27.2 Å². The lowest BCUT2D eigenvalue weighted by Gasteiger charge is -2.24. The lowest BCUT2D eigenvalue weighted by Crippen LogP contribution is -2.39. The minimum atomic E-state index is 0.0791. The number of aromatic nitrogens is 2. The Bertz CT molecular complexity index is 436. The molecule has 0 aromatic carbocycles. The Morgan fingerprint density at radius 3 is 2.53 bits per heavy atom. The molecule has 0 saturated heterocycles. The van der Waals surface area contributed by atoms with E-state index >= 15 is 0 Å². The number of thioether (sulfide) groups is 1. The highest BCUT2D eigenvalue weighted by Gasteiger charge is 2.14. The Morgan fingerprint density at radius 1 is 1.37 bits per heavy atom. The number of amides is 1. The van der Waals surface area contributed by atoms with Crippen LogP contribution in [0, 0.1) is 0 Å². The number of nitrogen functional groups attached to an aromatic ring is 1. The smallest absolute Gasteiger partial charge is 0.242 e. The molecule has 19 heavy (non-hydrogen) atoms. The van der Waals surface area contributed by atoms with Gasteiger partial charge in [0.05, 0.1) is 6.54 Å². The average Bonchev–Trinajstić information content (AvgIpc) is 2.39. The van der Waals surface area contributed by atoms with Crippen LogP contribution in [0.25, 0.3) is 0 Å². The summed E-state index contributed by atoms with van der Waals surface area (Å²) < 4.78 is 0. The van der Waals surface area contributed by atoms with Crippen LogP contribution in [0.5, 0.6) is 0 Å². The highest BCUT2D eigenvalue weighted by atomic mass is 32.2. The first kappa shape index (κ1) is 15.6. The number of anilines is 2. The summed E-state index contributed by atoms with van der Waals surface area (Å²) in [6.07, 6.45) is 1.89. The number of carbonyl (C=O) groups excluding carboxylic acids is 1. The van der Waals surface area contributed by atoms with Crippen LogP contribution < -0.4 is 10.6 Å². The third kappa shape index (κ3) is 4.27. The molecule has 7 heteroatoms. The number of rotatable bonds is 6. The molecule has 0 atom stereocenters. The van der Waals surface area contributed by atoms with Crippen LogP contribution in [-0.4, -0.2) is 53.7 Å². The monoisotopic (exact) mass is 283 g/mol. The molecular weight excluding hydrogens is 262 g/mol. The Labute approximate surface area is 118 Å². The molecule has 0 radical (unpaired) electrons. The summed E-state index contributed by atoms with van der Waals surface area (Å²) in [5.41, 5.74) is 5.73. The molecule has 0 aliphatic carbocycles. The predicted molar refractivity (Wildman–Crippen MR) is 79.4 cm³/mol. The maximum Gasteiger partial charge on any atom is 0.242 e. The summed E-state index contributed by atoms with van der Waals surface area (Å²) in [5, 5.41) is 0.608. The van der Waals surface area contributed by atoms with Gasteiger partial charge in [0.25, 0.3) is 0 Å². The van der Waals surface area contributed by atoms with Gasteiger partial charge in [-0.25, -0.2) is 9.97 Å². The SMILES string of the molecule is CCN(CC)C(=O)CN(C)c1cc(N)nc(SC)n1. The molecule has 1 amide bonds. The van der Waals surface area contributed by atoms with E-state index in [0.717, 1.165) is 0 Å². The maximum absolute atomic E-state index is 12.0. The Morgan fingerprint density at radius 2 is 2.00 bits per heavy atom. The van der Waals surface area contributed by atoms with Gasteiger partial charge in [0.1, 0.15) is 11.6 Å². The van der Waals surface area contributed by atoms with Gasteiger partial charge < -0.3 is 15.5 Å². The van der Waals surface area contributed by atoms with Crippen molar-refractivity contribution >= 4 is 29.3 Å². The lowest BCUT2D eigenvalue weighted by atomic mass is 10.4. The Kier molecular flexibility index (Phi) is 5.88. The van der Waals surface area contributed by atoms with Crippen LogP contribution in [0.15, 0.2) is 11.2 Å². The second-order valence-electron chi connectivity index (χ2n) is 4.06. The summed E-state index contributed by atoms with van der Waals surface area (Å²) in [6, 6.07) is 1.68. The molecule has 0 aliphatic rings. The van der Waals surface area contributed by atoms with E-state index < -0.39 is 0 Å². The molecule has 0 bridgehead atoms. The second kappa shape index (κ2) is 7.18. The average molecular weight is 283 g/mol. The van der Waals surface area contributed by atoms with Crippen molar-refractivity contribution in [2.24, 2.45) is 0 Å². The Hall–Kier alpha value is -1.50. The van der Waals surface area contributed by atoms with Gasteiger partial charge in [-0.2, -0.15) is 0 Å². The van der Waals surface area contributed by atoms with Gasteiger partial charge >= 0.3 is 0 Å². The molecular formula is C12H21N5OS. The second-order valence-corrected chi connectivity index (χ2v) is 4.83. The summed E-state index contributed by atoms with van der Waals surface area (Å²) >= 11 is 1.42. The van der Waals surface area contributed by atoms with Crippen molar-refractivity contribution in [2.75, 3.05) is 43.6 Å². The molecule has 1 aromatic heterocycles. The van der Waals surface area contributed by atoms with Crippen LogP contribution in [0.1, 0.15) is 13.8 Å². The molecule has 106 valence electrons. The molecule has 6 nitrogen and oxygen atoms in total. The van der Waals surface area contributed by atoms with Crippen molar-refractivity contribution in [1.82, 2.24) is 14.9 Å². The maximum atomic E-state index is 12.0. The minimum Gasteiger partial charge on any atom is -0.383 e. The van der Waals surface area contributed by atoms with E-state index in [2.05, 4.69) is 9.97 Å². The van der Waals surface area contributed by atoms with Gasteiger partial charge in [0.2, 0.25) is 5.91 Å². The number of hydrogen-bond donors (Lipinski definition) is 1. The van der Waals surface area contributed by atoms with Gasteiger partial charge in [0.15, 0.2) is 5.16 Å². The van der Waals surface area contributed by atoms with Crippen LogP contribution in [0.3, 0.4) is 0 Å². The number of hydrogen-bond acceptors (Lipinski definition) is 6. The quantitative estimate of drug-likeness (QED) is 0.622. The third-order valence-corrected chi connectivity index (χ3v) is 3.32. The van der Waals surface area contributed by atoms with Crippen LogP contribution in [-0.2, 0) is 4.79 Å². The van der Waals surface area contributed by atoms with E-state index in [1.165, 1.54) is 11.8 Å². The van der Waals surface area contributed by atoms with Crippen molar-refractivity contribution in [3.05, 3.63) is 6.07 Å². The van der Waals surface area contributed by atoms with Crippen LogP contribution in [0.4, 0.5) is 11.6 Å². The van der Waals surface area contributed by atoms with Crippen molar-refractivity contribution in [2.45, 2.75) is 19.0 Å². The number of carbonyl (C=O) groups is 1. The topological polar surface area (TPSA) is 75.4 Å². The summed E-state index contributed by atoms with van der Waals surface area (Å²) in [7, 11) is 1.83. The normalized spacial score (nSPS) is 10.3. The van der Waals surface area contributed by atoms with Gasteiger partial charge in [-0.3, -0.25) is 4.79 Å². The van der Waals surface area contributed by atoms with Gasteiger partial charge in [0, 0.05) is 26.2 Å². The van der Waals surface area contributed by atoms with Crippen molar-refractivity contribution in [3.8, 4) is 0 Å². The van der Waals surface area contributed by atoms with Crippen LogP contribution >= 0.6 is 11.8 Å². The molecule has 1 aromatic rings. The van der Waals surface area contributed by atoms with E-state index in [9.17, 15) is 4.79 Å². The van der Waals surface area contributed by atoms with Gasteiger partial charge in [-0.15, -0.1) is 0 Å². The summed E-state index contributed by atoms with van der Waals surface area (Å²) in [6.45, 7) is 5.65.